The number of H-pyrrole nitrogens is 1. The Bertz CT molecular complexity index is 996. The van der Waals surface area contributed by atoms with Crippen LogP contribution in [0.4, 0.5) is 0 Å². The quantitative estimate of drug-likeness (QED) is 0.595. The number of hydrogen-bond acceptors (Lipinski definition) is 5. The number of hydrogen-bond donors (Lipinski definition) is 2. The molecular formula is C25H33N3O5. The van der Waals surface area contributed by atoms with Gasteiger partial charge in [-0.1, -0.05) is 12.1 Å². The summed E-state index contributed by atoms with van der Waals surface area (Å²) in [5.41, 5.74) is 2.96. The van der Waals surface area contributed by atoms with Crippen molar-refractivity contribution in [2.75, 3.05) is 26.3 Å². The Balaban J connectivity index is 1.61. The fraction of sp³-hybridized carbons (Fsp3) is 0.480. The summed E-state index contributed by atoms with van der Waals surface area (Å²) in [7, 11) is 0. The number of nitrogens with zero attached hydrogens (tertiary/aromatic N) is 1. The van der Waals surface area contributed by atoms with Gasteiger partial charge in [0.1, 0.15) is 11.4 Å². The second-order valence-corrected chi connectivity index (χ2v) is 8.23. The minimum Gasteiger partial charge on any atom is -0.494 e. The molecule has 8 heteroatoms. The molecule has 0 aliphatic carbocycles. The number of aromatic nitrogens is 1. The molecule has 1 aliphatic heterocycles. The summed E-state index contributed by atoms with van der Waals surface area (Å²) < 4.78 is 10.6. The van der Waals surface area contributed by atoms with E-state index in [4.69, 9.17) is 9.47 Å². The van der Waals surface area contributed by atoms with Gasteiger partial charge in [0.15, 0.2) is 0 Å². The molecule has 3 rings (SSSR count). The van der Waals surface area contributed by atoms with Crippen LogP contribution in [-0.4, -0.2) is 54.0 Å². The number of aromatic amines is 1. The first kappa shape index (κ1) is 24.4. The summed E-state index contributed by atoms with van der Waals surface area (Å²) in [4.78, 5) is 43.0. The van der Waals surface area contributed by atoms with Gasteiger partial charge in [0.05, 0.1) is 24.7 Å². The topological polar surface area (TPSA) is 101 Å². The predicted molar refractivity (Wildman–Crippen MR) is 124 cm³/mol. The number of esters is 1. The van der Waals surface area contributed by atoms with Crippen LogP contribution in [-0.2, 0) is 16.1 Å². The normalized spacial score (nSPS) is 15.8. The molecule has 0 unspecified atom stereocenters. The first-order valence-electron chi connectivity index (χ1n) is 11.5. The molecule has 8 nitrogen and oxygen atoms in total. The standard InChI is InChI=1S/C25H33N3O5/c1-5-32-20-11-9-18(10-12-20)14-26-23(29)19-8-7-13-28(15-19)24(30)22-16(3)21(17(4)27-22)25(31)33-6-2/h9-12,19,27H,5-8,13-15H2,1-4H3,(H,26,29)/t19-/m1/s1. The van der Waals surface area contributed by atoms with Gasteiger partial charge in [-0.15, -0.1) is 0 Å². The summed E-state index contributed by atoms with van der Waals surface area (Å²) in [6.45, 7) is 9.41. The van der Waals surface area contributed by atoms with Crippen molar-refractivity contribution in [3.8, 4) is 5.75 Å². The van der Waals surface area contributed by atoms with Gasteiger partial charge < -0.3 is 24.7 Å². The number of carbonyl (C=O) groups is 3. The van der Waals surface area contributed by atoms with E-state index in [2.05, 4.69) is 10.3 Å². The van der Waals surface area contributed by atoms with E-state index in [1.807, 2.05) is 31.2 Å². The third-order valence-corrected chi connectivity index (χ3v) is 5.91. The number of nitrogens with one attached hydrogen (secondary N) is 2. The minimum absolute atomic E-state index is 0.0621. The molecule has 1 aromatic heterocycles. The highest BCUT2D eigenvalue weighted by molar-refractivity contribution is 6.00. The van der Waals surface area contributed by atoms with E-state index in [0.29, 0.717) is 48.8 Å². The van der Waals surface area contributed by atoms with Gasteiger partial charge >= 0.3 is 5.97 Å². The Labute approximate surface area is 194 Å². The molecule has 1 saturated heterocycles. The lowest BCUT2D eigenvalue weighted by molar-refractivity contribution is -0.126. The molecule has 2 heterocycles. The fourth-order valence-electron chi connectivity index (χ4n) is 4.21. The molecular weight excluding hydrogens is 422 g/mol. The van der Waals surface area contributed by atoms with Crippen molar-refractivity contribution in [2.45, 2.75) is 47.1 Å². The molecule has 178 valence electrons. The largest absolute Gasteiger partial charge is 0.494 e. The molecule has 0 bridgehead atoms. The first-order chi connectivity index (χ1) is 15.8. The summed E-state index contributed by atoms with van der Waals surface area (Å²) >= 11 is 0. The van der Waals surface area contributed by atoms with Gasteiger partial charge in [-0.25, -0.2) is 4.79 Å². The van der Waals surface area contributed by atoms with Crippen LogP contribution in [0.1, 0.15) is 64.4 Å². The van der Waals surface area contributed by atoms with Crippen LogP contribution in [0.25, 0.3) is 0 Å². The van der Waals surface area contributed by atoms with Crippen LogP contribution in [0.3, 0.4) is 0 Å². The number of likely N-dealkylation sites (tertiary alicyclic amines) is 1. The molecule has 1 fully saturated rings. The molecule has 1 aliphatic rings. The van der Waals surface area contributed by atoms with Crippen molar-refractivity contribution in [1.29, 1.82) is 0 Å². The van der Waals surface area contributed by atoms with Gasteiger partial charge in [0.25, 0.3) is 5.91 Å². The maximum absolute atomic E-state index is 13.2. The van der Waals surface area contributed by atoms with Crippen LogP contribution >= 0.6 is 0 Å². The lowest BCUT2D eigenvalue weighted by Crippen LogP contribution is -2.45. The number of carbonyl (C=O) groups excluding carboxylic acids is 3. The molecule has 33 heavy (non-hydrogen) atoms. The summed E-state index contributed by atoms with van der Waals surface area (Å²) in [5, 5.41) is 2.99. The third kappa shape index (κ3) is 5.74. The average Bonchev–Trinajstić information content (AvgIpc) is 3.12. The predicted octanol–water partition coefficient (Wildman–Crippen LogP) is 3.38. The lowest BCUT2D eigenvalue weighted by atomic mass is 9.96. The maximum atomic E-state index is 13.2. The number of piperidine rings is 1. The minimum atomic E-state index is -0.437. The van der Waals surface area contributed by atoms with Crippen molar-refractivity contribution >= 4 is 17.8 Å². The monoisotopic (exact) mass is 455 g/mol. The molecule has 1 aromatic carbocycles. The summed E-state index contributed by atoms with van der Waals surface area (Å²) in [6, 6.07) is 7.63. The van der Waals surface area contributed by atoms with Gasteiger partial charge in [-0.2, -0.15) is 0 Å². The van der Waals surface area contributed by atoms with E-state index in [-0.39, 0.29) is 24.3 Å². The zero-order valence-electron chi connectivity index (χ0n) is 19.8. The molecule has 0 saturated carbocycles. The zero-order valence-corrected chi connectivity index (χ0v) is 19.8. The first-order valence-corrected chi connectivity index (χ1v) is 11.5. The van der Waals surface area contributed by atoms with Crippen LogP contribution in [0.2, 0.25) is 0 Å². The molecule has 0 radical (unpaired) electrons. The smallest absolute Gasteiger partial charge is 0.340 e. The van der Waals surface area contributed by atoms with Gasteiger partial charge in [0, 0.05) is 25.3 Å². The van der Waals surface area contributed by atoms with Crippen molar-refractivity contribution in [3.63, 3.8) is 0 Å². The number of aryl methyl sites for hydroxylation is 1. The number of ether oxygens (including phenoxy) is 2. The highest BCUT2D eigenvalue weighted by Crippen LogP contribution is 2.24. The molecule has 2 aromatic rings. The Hall–Kier alpha value is -3.29. The Morgan fingerprint density at radius 2 is 1.85 bits per heavy atom. The van der Waals surface area contributed by atoms with Crippen molar-refractivity contribution in [2.24, 2.45) is 5.92 Å². The van der Waals surface area contributed by atoms with Crippen LogP contribution < -0.4 is 10.1 Å². The summed E-state index contributed by atoms with van der Waals surface area (Å²) in [6.07, 6.45) is 1.48. The van der Waals surface area contributed by atoms with Crippen molar-refractivity contribution < 1.29 is 23.9 Å². The van der Waals surface area contributed by atoms with Gasteiger partial charge in [0.2, 0.25) is 5.91 Å². The molecule has 0 spiro atoms. The maximum Gasteiger partial charge on any atom is 0.340 e. The van der Waals surface area contributed by atoms with E-state index in [1.165, 1.54) is 0 Å². The highest BCUT2D eigenvalue weighted by atomic mass is 16.5. The van der Waals surface area contributed by atoms with Crippen LogP contribution in [0.5, 0.6) is 5.75 Å². The van der Waals surface area contributed by atoms with Gasteiger partial charge in [-0.3, -0.25) is 9.59 Å². The highest BCUT2D eigenvalue weighted by Gasteiger charge is 2.31. The Kier molecular flexibility index (Phi) is 8.14. The molecule has 2 N–H and O–H groups in total. The van der Waals surface area contributed by atoms with E-state index in [0.717, 1.165) is 24.2 Å². The van der Waals surface area contributed by atoms with E-state index in [9.17, 15) is 14.4 Å². The second kappa shape index (κ2) is 11.0. The second-order valence-electron chi connectivity index (χ2n) is 8.23. The molecule has 2 amide bonds. The molecule has 1 atom stereocenters. The summed E-state index contributed by atoms with van der Waals surface area (Å²) in [5.74, 6) is -0.169. The number of rotatable bonds is 8. The van der Waals surface area contributed by atoms with Crippen molar-refractivity contribution in [3.05, 3.63) is 52.3 Å². The number of amides is 2. The fourth-order valence-corrected chi connectivity index (χ4v) is 4.21. The van der Waals surface area contributed by atoms with Crippen LogP contribution in [0.15, 0.2) is 24.3 Å². The van der Waals surface area contributed by atoms with E-state index >= 15 is 0 Å². The van der Waals surface area contributed by atoms with Crippen molar-refractivity contribution in [1.82, 2.24) is 15.2 Å². The lowest BCUT2D eigenvalue weighted by Gasteiger charge is -2.32. The van der Waals surface area contributed by atoms with Gasteiger partial charge in [-0.05, 0) is 63.8 Å². The Morgan fingerprint density at radius 3 is 2.52 bits per heavy atom. The third-order valence-electron chi connectivity index (χ3n) is 5.91. The van der Waals surface area contributed by atoms with E-state index in [1.54, 1.807) is 25.7 Å². The zero-order chi connectivity index (χ0) is 24.0. The SMILES string of the molecule is CCOC(=O)c1c(C)[nH]c(C(=O)N2CCC[C@@H](C(=O)NCc3ccc(OCC)cc3)C2)c1C. The number of benzene rings is 1. The van der Waals surface area contributed by atoms with E-state index < -0.39 is 5.97 Å². The average molecular weight is 456 g/mol. The Morgan fingerprint density at radius 1 is 1.12 bits per heavy atom. The van der Waals surface area contributed by atoms with Crippen LogP contribution in [0, 0.1) is 19.8 Å².